The summed E-state index contributed by atoms with van der Waals surface area (Å²) in [6, 6.07) is 12.3. The lowest BCUT2D eigenvalue weighted by molar-refractivity contribution is -0.286. The van der Waals surface area contributed by atoms with Crippen LogP contribution in [0.25, 0.3) is 0 Å². The van der Waals surface area contributed by atoms with Gasteiger partial charge in [-0.05, 0) is 36.8 Å². The molecule has 2 aliphatic rings. The summed E-state index contributed by atoms with van der Waals surface area (Å²) in [5, 5.41) is 2.84. The number of hydrogen-bond donors (Lipinski definition) is 1. The number of nitrogens with zero attached hydrogens (tertiary/aromatic N) is 1. The van der Waals surface area contributed by atoms with Gasteiger partial charge in [-0.1, -0.05) is 12.1 Å². The van der Waals surface area contributed by atoms with Gasteiger partial charge in [0, 0.05) is 18.7 Å². The summed E-state index contributed by atoms with van der Waals surface area (Å²) in [7, 11) is 0. The van der Waals surface area contributed by atoms with Crippen molar-refractivity contribution in [3.8, 4) is 17.2 Å². The van der Waals surface area contributed by atoms with Crippen LogP contribution < -0.4 is 24.4 Å². The average Bonchev–Trinajstić information content (AvgIpc) is 2.90. The van der Waals surface area contributed by atoms with E-state index in [-0.39, 0.29) is 29.6 Å². The first kappa shape index (κ1) is 18.3. The van der Waals surface area contributed by atoms with E-state index in [9.17, 15) is 13.6 Å². The van der Waals surface area contributed by atoms with Crippen molar-refractivity contribution in [2.45, 2.75) is 32.3 Å². The molecule has 1 amide bonds. The molecule has 148 valence electrons. The number of hydrogen-bond acceptors (Lipinski definition) is 5. The van der Waals surface area contributed by atoms with Crippen molar-refractivity contribution in [1.29, 1.82) is 0 Å². The molecular weight excluding hydrogens is 370 g/mol. The summed E-state index contributed by atoms with van der Waals surface area (Å²) >= 11 is 0. The van der Waals surface area contributed by atoms with Gasteiger partial charge in [0.15, 0.2) is 11.5 Å². The van der Waals surface area contributed by atoms with Crippen molar-refractivity contribution in [3.63, 3.8) is 0 Å². The van der Waals surface area contributed by atoms with Gasteiger partial charge in [0.25, 0.3) is 0 Å². The fraction of sp³-hybridized carbons (Fsp3) is 0.350. The monoisotopic (exact) mass is 390 g/mol. The molecule has 28 heavy (non-hydrogen) atoms. The maximum absolute atomic E-state index is 13.1. The molecule has 1 N–H and O–H groups in total. The number of fused-ring (bicyclic) bond motifs is 1. The maximum atomic E-state index is 13.1. The second-order valence-electron chi connectivity index (χ2n) is 6.93. The SMILES string of the molecule is CC(=O)NC(C)c1ccc(OC2CN(c3ccc4c(c3)OC(F)(F)O4)C2)cc1. The van der Waals surface area contributed by atoms with Crippen LogP contribution >= 0.6 is 0 Å². The van der Waals surface area contributed by atoms with Crippen LogP contribution in [-0.2, 0) is 4.79 Å². The molecule has 4 rings (SSSR count). The Morgan fingerprint density at radius 1 is 1.18 bits per heavy atom. The Morgan fingerprint density at radius 2 is 1.86 bits per heavy atom. The van der Waals surface area contributed by atoms with Gasteiger partial charge in [0.05, 0.1) is 19.1 Å². The van der Waals surface area contributed by atoms with Gasteiger partial charge in [-0.25, -0.2) is 0 Å². The lowest BCUT2D eigenvalue weighted by Crippen LogP contribution is -2.54. The normalized spacial score (nSPS) is 18.4. The van der Waals surface area contributed by atoms with Crippen molar-refractivity contribution in [2.24, 2.45) is 0 Å². The first-order valence-corrected chi connectivity index (χ1v) is 8.98. The number of nitrogens with one attached hydrogen (secondary N) is 1. The number of carbonyl (C=O) groups is 1. The number of alkyl halides is 2. The fourth-order valence-corrected chi connectivity index (χ4v) is 3.27. The molecule has 0 saturated carbocycles. The van der Waals surface area contributed by atoms with Crippen LogP contribution in [0.1, 0.15) is 25.5 Å². The molecule has 0 aliphatic carbocycles. The number of benzene rings is 2. The minimum Gasteiger partial charge on any atom is -0.487 e. The molecule has 1 atom stereocenters. The Bertz CT molecular complexity index is 882. The lowest BCUT2D eigenvalue weighted by Gasteiger charge is -2.40. The Morgan fingerprint density at radius 3 is 2.54 bits per heavy atom. The summed E-state index contributed by atoms with van der Waals surface area (Å²) in [6.45, 7) is 4.69. The van der Waals surface area contributed by atoms with E-state index in [2.05, 4.69) is 14.8 Å². The molecule has 0 aromatic heterocycles. The van der Waals surface area contributed by atoms with Gasteiger partial charge in [0.2, 0.25) is 5.91 Å². The average molecular weight is 390 g/mol. The zero-order valence-electron chi connectivity index (χ0n) is 15.4. The first-order chi connectivity index (χ1) is 13.3. The van der Waals surface area contributed by atoms with Crippen LogP contribution in [-0.4, -0.2) is 31.4 Å². The van der Waals surface area contributed by atoms with Crippen LogP contribution in [0.15, 0.2) is 42.5 Å². The standard InChI is InChI=1S/C20H20F2N2O4/c1-12(23-13(2)25)14-3-6-16(7-4-14)26-17-10-24(11-17)15-5-8-18-19(9-15)28-20(21,22)27-18/h3-9,12,17H,10-11H2,1-2H3,(H,23,25). The van der Waals surface area contributed by atoms with E-state index >= 15 is 0 Å². The molecule has 0 spiro atoms. The zero-order chi connectivity index (χ0) is 19.9. The summed E-state index contributed by atoms with van der Waals surface area (Å²) in [5.41, 5.74) is 1.77. The summed E-state index contributed by atoms with van der Waals surface area (Å²) in [4.78, 5) is 13.1. The second-order valence-corrected chi connectivity index (χ2v) is 6.93. The zero-order valence-corrected chi connectivity index (χ0v) is 15.4. The molecule has 2 aromatic carbocycles. The summed E-state index contributed by atoms with van der Waals surface area (Å²) in [6.07, 6.45) is -3.60. The summed E-state index contributed by atoms with van der Waals surface area (Å²) in [5.74, 6) is 0.745. The van der Waals surface area contributed by atoms with E-state index in [0.717, 1.165) is 17.0 Å². The molecule has 6 nitrogen and oxygen atoms in total. The van der Waals surface area contributed by atoms with Crippen LogP contribution in [0, 0.1) is 0 Å². The van der Waals surface area contributed by atoms with Crippen LogP contribution in [0.5, 0.6) is 17.2 Å². The number of anilines is 1. The quantitative estimate of drug-likeness (QED) is 0.847. The largest absolute Gasteiger partial charge is 0.586 e. The molecular formula is C20H20F2N2O4. The van der Waals surface area contributed by atoms with Crippen molar-refractivity contribution in [1.82, 2.24) is 5.32 Å². The number of carbonyl (C=O) groups excluding carboxylic acids is 1. The lowest BCUT2D eigenvalue weighted by atomic mass is 10.1. The fourth-order valence-electron chi connectivity index (χ4n) is 3.27. The highest BCUT2D eigenvalue weighted by Gasteiger charge is 2.43. The molecule has 1 saturated heterocycles. The van der Waals surface area contributed by atoms with Crippen LogP contribution in [0.4, 0.5) is 14.5 Å². The third kappa shape index (κ3) is 3.81. The Hall–Kier alpha value is -3.03. The third-order valence-electron chi connectivity index (χ3n) is 4.70. The Kier molecular flexibility index (Phi) is 4.49. The van der Waals surface area contributed by atoms with Gasteiger partial charge in [0.1, 0.15) is 11.9 Å². The molecule has 0 radical (unpaired) electrons. The van der Waals surface area contributed by atoms with Crippen molar-refractivity contribution in [3.05, 3.63) is 48.0 Å². The minimum atomic E-state index is -3.61. The number of ether oxygens (including phenoxy) is 3. The predicted molar refractivity (Wildman–Crippen MR) is 97.9 cm³/mol. The smallest absolute Gasteiger partial charge is 0.487 e. The van der Waals surface area contributed by atoms with E-state index in [1.54, 1.807) is 12.1 Å². The number of amides is 1. The Labute approximate surface area is 161 Å². The first-order valence-electron chi connectivity index (χ1n) is 8.98. The van der Waals surface area contributed by atoms with Crippen LogP contribution in [0.2, 0.25) is 0 Å². The van der Waals surface area contributed by atoms with Crippen molar-refractivity contribution >= 4 is 11.6 Å². The molecule has 1 unspecified atom stereocenters. The van der Waals surface area contributed by atoms with E-state index in [1.807, 2.05) is 36.1 Å². The Balaban J connectivity index is 1.31. The van der Waals surface area contributed by atoms with E-state index in [0.29, 0.717) is 13.1 Å². The molecule has 8 heteroatoms. The topological polar surface area (TPSA) is 60.0 Å². The molecule has 2 aliphatic heterocycles. The van der Waals surface area contributed by atoms with Crippen molar-refractivity contribution < 1.29 is 27.8 Å². The van der Waals surface area contributed by atoms with Gasteiger partial charge >= 0.3 is 6.29 Å². The number of rotatable bonds is 5. The van der Waals surface area contributed by atoms with Crippen LogP contribution in [0.3, 0.4) is 0 Å². The van der Waals surface area contributed by atoms with E-state index in [1.165, 1.54) is 13.0 Å². The minimum absolute atomic E-state index is 0.00508. The van der Waals surface area contributed by atoms with Crippen molar-refractivity contribution in [2.75, 3.05) is 18.0 Å². The third-order valence-corrected chi connectivity index (χ3v) is 4.70. The van der Waals surface area contributed by atoms with E-state index < -0.39 is 6.29 Å². The second kappa shape index (κ2) is 6.85. The molecule has 1 fully saturated rings. The molecule has 0 bridgehead atoms. The number of halogens is 2. The highest BCUT2D eigenvalue weighted by molar-refractivity contribution is 5.73. The highest BCUT2D eigenvalue weighted by Crippen LogP contribution is 2.43. The molecule has 2 heterocycles. The predicted octanol–water partition coefficient (Wildman–Crippen LogP) is 3.47. The van der Waals surface area contributed by atoms with Gasteiger partial charge < -0.3 is 24.4 Å². The maximum Gasteiger partial charge on any atom is 0.586 e. The summed E-state index contributed by atoms with van der Waals surface area (Å²) < 4.78 is 41.1. The van der Waals surface area contributed by atoms with Gasteiger partial charge in [-0.2, -0.15) is 0 Å². The van der Waals surface area contributed by atoms with Gasteiger partial charge in [-0.3, -0.25) is 4.79 Å². The highest BCUT2D eigenvalue weighted by atomic mass is 19.3. The van der Waals surface area contributed by atoms with E-state index in [4.69, 9.17) is 4.74 Å². The molecule has 2 aromatic rings. The van der Waals surface area contributed by atoms with Gasteiger partial charge in [-0.15, -0.1) is 8.78 Å².